The van der Waals surface area contributed by atoms with Gasteiger partial charge in [0.2, 0.25) is 5.13 Å². The molecule has 0 fully saturated rings. The Morgan fingerprint density at radius 3 is 2.56 bits per heavy atom. The molecule has 0 radical (unpaired) electrons. The highest BCUT2D eigenvalue weighted by Crippen LogP contribution is 2.25. The van der Waals surface area contributed by atoms with Crippen LogP contribution in [0.1, 0.15) is 24.4 Å². The summed E-state index contributed by atoms with van der Waals surface area (Å²) in [5.74, 6) is 0. The van der Waals surface area contributed by atoms with E-state index in [9.17, 15) is 0 Å². The molecule has 4 nitrogen and oxygen atoms in total. The van der Waals surface area contributed by atoms with E-state index in [4.69, 9.17) is 5.73 Å². The molecule has 0 aliphatic carbocycles. The first kappa shape index (κ1) is 12.8. The Morgan fingerprint density at radius 1 is 1.28 bits per heavy atom. The summed E-state index contributed by atoms with van der Waals surface area (Å²) in [7, 11) is 0. The average Bonchev–Trinajstić information content (AvgIpc) is 2.74. The molecule has 0 amide bonds. The number of nitrogens with zero attached hydrogens (tertiary/aromatic N) is 3. The second-order valence-electron chi connectivity index (χ2n) is 4.52. The zero-order valence-corrected chi connectivity index (χ0v) is 11.7. The van der Waals surface area contributed by atoms with E-state index in [0.29, 0.717) is 6.04 Å². The lowest BCUT2D eigenvalue weighted by Gasteiger charge is -2.26. The molecule has 0 bridgehead atoms. The fourth-order valence-electron chi connectivity index (χ4n) is 1.73. The maximum atomic E-state index is 5.99. The molecule has 0 saturated heterocycles. The number of nitrogens with two attached hydrogens (primary N) is 1. The predicted octanol–water partition coefficient (Wildman–Crippen LogP) is 2.84. The first-order valence-electron chi connectivity index (χ1n) is 5.98. The second kappa shape index (κ2) is 5.35. The molecular formula is C13H18N4S. The third-order valence-corrected chi connectivity index (χ3v) is 3.66. The van der Waals surface area contributed by atoms with Crippen molar-refractivity contribution in [2.45, 2.75) is 33.4 Å². The second-order valence-corrected chi connectivity index (χ2v) is 5.68. The lowest BCUT2D eigenvalue weighted by molar-refractivity contribution is 0.676. The quantitative estimate of drug-likeness (QED) is 0.861. The van der Waals surface area contributed by atoms with Gasteiger partial charge in [-0.05, 0) is 32.4 Å². The normalized spacial score (nSPS) is 10.9. The van der Waals surface area contributed by atoms with Crippen LogP contribution in [0.5, 0.6) is 0 Å². The van der Waals surface area contributed by atoms with Crippen LogP contribution in [0.2, 0.25) is 0 Å². The maximum Gasteiger partial charge on any atom is 0.208 e. The number of aryl methyl sites for hydroxylation is 1. The summed E-state index contributed by atoms with van der Waals surface area (Å²) in [6.45, 7) is 7.03. The van der Waals surface area contributed by atoms with Crippen molar-refractivity contribution in [2.75, 3.05) is 10.6 Å². The molecule has 2 aromatic rings. The van der Waals surface area contributed by atoms with Crippen molar-refractivity contribution >= 4 is 22.2 Å². The van der Waals surface area contributed by atoms with E-state index < -0.39 is 0 Å². The van der Waals surface area contributed by atoms with E-state index >= 15 is 0 Å². The third-order valence-electron chi connectivity index (χ3n) is 2.78. The molecule has 0 unspecified atom stereocenters. The van der Waals surface area contributed by atoms with Crippen LogP contribution in [-0.2, 0) is 6.54 Å². The van der Waals surface area contributed by atoms with Gasteiger partial charge in [-0.15, -0.1) is 10.2 Å². The van der Waals surface area contributed by atoms with Gasteiger partial charge in [0, 0.05) is 18.3 Å². The number of aromatic nitrogens is 2. The Hall–Kier alpha value is -1.62. The average molecular weight is 262 g/mol. The molecular weight excluding hydrogens is 244 g/mol. The summed E-state index contributed by atoms with van der Waals surface area (Å²) in [6.07, 6.45) is 0. The third kappa shape index (κ3) is 2.79. The molecule has 0 aliphatic heterocycles. The predicted molar refractivity (Wildman–Crippen MR) is 76.8 cm³/mol. The summed E-state index contributed by atoms with van der Waals surface area (Å²) in [5, 5.41) is 10.2. The minimum atomic E-state index is 0.358. The number of benzene rings is 1. The van der Waals surface area contributed by atoms with E-state index in [1.807, 2.05) is 25.1 Å². The number of hydrogen-bond donors (Lipinski definition) is 1. The van der Waals surface area contributed by atoms with Crippen LogP contribution in [0, 0.1) is 6.92 Å². The van der Waals surface area contributed by atoms with Crippen molar-refractivity contribution in [2.24, 2.45) is 0 Å². The highest BCUT2D eigenvalue weighted by Gasteiger charge is 2.16. The van der Waals surface area contributed by atoms with Crippen molar-refractivity contribution in [1.29, 1.82) is 0 Å². The Balaban J connectivity index is 2.25. The Labute approximate surface area is 111 Å². The molecule has 0 atom stereocenters. The Bertz CT molecular complexity index is 521. The number of hydrogen-bond acceptors (Lipinski definition) is 5. The van der Waals surface area contributed by atoms with E-state index in [1.165, 1.54) is 0 Å². The molecule has 96 valence electrons. The summed E-state index contributed by atoms with van der Waals surface area (Å²) in [5.41, 5.74) is 7.94. The van der Waals surface area contributed by atoms with Crippen molar-refractivity contribution in [1.82, 2.24) is 10.2 Å². The van der Waals surface area contributed by atoms with Gasteiger partial charge in [0.15, 0.2) is 0 Å². The number of rotatable bonds is 4. The van der Waals surface area contributed by atoms with Crippen LogP contribution in [-0.4, -0.2) is 16.2 Å². The van der Waals surface area contributed by atoms with E-state index in [0.717, 1.165) is 27.9 Å². The van der Waals surface area contributed by atoms with E-state index in [2.05, 4.69) is 35.0 Å². The highest BCUT2D eigenvalue weighted by molar-refractivity contribution is 7.15. The monoisotopic (exact) mass is 262 g/mol. The number of anilines is 2. The fraction of sp³-hybridized carbons (Fsp3) is 0.385. The molecule has 1 heterocycles. The number of nitrogen functional groups attached to an aromatic ring is 1. The zero-order chi connectivity index (χ0) is 13.1. The summed E-state index contributed by atoms with van der Waals surface area (Å²) < 4.78 is 0. The van der Waals surface area contributed by atoms with Gasteiger partial charge in [-0.3, -0.25) is 0 Å². The molecule has 1 aromatic heterocycles. The lowest BCUT2D eigenvalue weighted by Crippen LogP contribution is -2.30. The summed E-state index contributed by atoms with van der Waals surface area (Å²) in [6, 6.07) is 8.30. The first-order chi connectivity index (χ1) is 8.58. The van der Waals surface area contributed by atoms with Crippen LogP contribution in [0.25, 0.3) is 0 Å². The van der Waals surface area contributed by atoms with Gasteiger partial charge < -0.3 is 10.6 Å². The molecule has 0 spiro atoms. The maximum absolute atomic E-state index is 5.99. The van der Waals surface area contributed by atoms with Gasteiger partial charge in [0.1, 0.15) is 5.01 Å². The van der Waals surface area contributed by atoms with Crippen molar-refractivity contribution < 1.29 is 0 Å². The first-order valence-corrected chi connectivity index (χ1v) is 6.79. The fourth-order valence-corrected chi connectivity index (χ4v) is 2.56. The van der Waals surface area contributed by atoms with Gasteiger partial charge in [-0.1, -0.05) is 29.5 Å². The zero-order valence-electron chi connectivity index (χ0n) is 10.9. The summed E-state index contributed by atoms with van der Waals surface area (Å²) in [4.78, 5) is 2.22. The van der Waals surface area contributed by atoms with Crippen molar-refractivity contribution in [3.63, 3.8) is 0 Å². The van der Waals surface area contributed by atoms with Gasteiger partial charge in [0.05, 0.1) is 0 Å². The van der Waals surface area contributed by atoms with Gasteiger partial charge in [-0.25, -0.2) is 0 Å². The van der Waals surface area contributed by atoms with Gasteiger partial charge >= 0.3 is 0 Å². The SMILES string of the molecule is Cc1nnc(N(Cc2ccccc2N)C(C)C)s1. The van der Waals surface area contributed by atoms with Crippen LogP contribution in [0.4, 0.5) is 10.8 Å². The molecule has 2 rings (SSSR count). The molecule has 2 N–H and O–H groups in total. The standard InChI is InChI=1S/C13H18N4S/c1-9(2)17(13-16-15-10(3)18-13)8-11-6-4-5-7-12(11)14/h4-7,9H,8,14H2,1-3H3. The lowest BCUT2D eigenvalue weighted by atomic mass is 10.1. The molecule has 5 heteroatoms. The summed E-state index contributed by atoms with van der Waals surface area (Å²) >= 11 is 1.61. The minimum Gasteiger partial charge on any atom is -0.398 e. The van der Waals surface area contributed by atoms with Crippen LogP contribution in [0.15, 0.2) is 24.3 Å². The van der Waals surface area contributed by atoms with Gasteiger partial charge in [-0.2, -0.15) is 0 Å². The Morgan fingerprint density at radius 2 is 2.00 bits per heavy atom. The molecule has 1 aromatic carbocycles. The van der Waals surface area contributed by atoms with Gasteiger partial charge in [0.25, 0.3) is 0 Å². The number of para-hydroxylation sites is 1. The van der Waals surface area contributed by atoms with Crippen LogP contribution >= 0.6 is 11.3 Å². The molecule has 0 saturated carbocycles. The van der Waals surface area contributed by atoms with Crippen molar-refractivity contribution in [3.8, 4) is 0 Å². The van der Waals surface area contributed by atoms with Crippen LogP contribution < -0.4 is 10.6 Å². The molecule has 0 aliphatic rings. The van der Waals surface area contributed by atoms with Crippen LogP contribution in [0.3, 0.4) is 0 Å². The largest absolute Gasteiger partial charge is 0.398 e. The van der Waals surface area contributed by atoms with Crippen molar-refractivity contribution in [3.05, 3.63) is 34.8 Å². The highest BCUT2D eigenvalue weighted by atomic mass is 32.1. The van der Waals surface area contributed by atoms with E-state index in [-0.39, 0.29) is 0 Å². The Kier molecular flexibility index (Phi) is 3.81. The minimum absolute atomic E-state index is 0.358. The molecule has 18 heavy (non-hydrogen) atoms. The smallest absolute Gasteiger partial charge is 0.208 e. The van der Waals surface area contributed by atoms with E-state index in [1.54, 1.807) is 11.3 Å². The topological polar surface area (TPSA) is 55.0 Å².